The quantitative estimate of drug-likeness (QED) is 0.0195. The third kappa shape index (κ3) is 25.4. The van der Waals surface area contributed by atoms with Crippen LogP contribution in [0.4, 0.5) is 9.59 Å². The summed E-state index contributed by atoms with van der Waals surface area (Å²) >= 11 is 0. The van der Waals surface area contributed by atoms with Gasteiger partial charge >= 0.3 is 42.0 Å². The lowest BCUT2D eigenvalue weighted by atomic mass is 9.92. The summed E-state index contributed by atoms with van der Waals surface area (Å²) in [6.07, 6.45) is -7.57. The zero-order chi connectivity index (χ0) is 48.9. The maximum atomic E-state index is 13.6. The molecule has 0 unspecified atom stereocenters. The summed E-state index contributed by atoms with van der Waals surface area (Å²) < 4.78 is 9.51. The Morgan fingerprint density at radius 1 is 0.677 bits per heavy atom. The van der Waals surface area contributed by atoms with Gasteiger partial charge in [0.2, 0.25) is 11.8 Å². The first kappa shape index (κ1) is 56.6. The Morgan fingerprint density at radius 3 is 1.91 bits per heavy atom. The van der Waals surface area contributed by atoms with E-state index in [-0.39, 0.29) is 31.7 Å². The highest BCUT2D eigenvalue weighted by Gasteiger charge is 2.32. The van der Waals surface area contributed by atoms with Gasteiger partial charge in [-0.05, 0) is 31.7 Å². The van der Waals surface area contributed by atoms with Gasteiger partial charge in [-0.3, -0.25) is 38.4 Å². The minimum absolute atomic E-state index is 0.0365. The Hall–Kier alpha value is -6.44. The number of carbonyl (C=O) groups excluding carboxylic acids is 7. The van der Waals surface area contributed by atoms with Crippen LogP contribution >= 0.6 is 21.6 Å². The van der Waals surface area contributed by atoms with Gasteiger partial charge in [-0.15, -0.1) is 0 Å². The van der Waals surface area contributed by atoms with E-state index in [2.05, 4.69) is 26.0 Å². The maximum Gasteiger partial charge on any atom is 0.407 e. The molecule has 0 bridgehead atoms. The Labute approximate surface area is 379 Å². The maximum absolute atomic E-state index is 13.6. The van der Waals surface area contributed by atoms with Crippen LogP contribution in [0, 0.1) is 11.8 Å². The lowest BCUT2D eigenvalue weighted by Gasteiger charge is -2.23. The molecule has 1 aromatic rings. The highest BCUT2D eigenvalue weighted by Crippen LogP contribution is 2.26. The van der Waals surface area contributed by atoms with Crippen molar-refractivity contribution in [2.45, 2.75) is 95.5 Å². The first-order chi connectivity index (χ1) is 30.7. The van der Waals surface area contributed by atoms with Crippen molar-refractivity contribution < 1.29 is 92.5 Å². The van der Waals surface area contributed by atoms with E-state index in [0.717, 1.165) is 10.8 Å². The molecule has 1 aromatic carbocycles. The second kappa shape index (κ2) is 31.4. The number of nitrogens with one attached hydrogen (secondary N) is 5. The number of hydrogen-bond acceptors (Lipinski definition) is 16. The third-order valence-corrected chi connectivity index (χ3v) is 11.3. The standard InChI is InChI=1S/C39H53N5O19S2/c1-2-40-39(61)62-14-15-64-65-20-24(35(54)55)18-29(47)28(16-22-6-4-3-5-7-22)42-34(53)23(19-33(51)52)17-25(46)8-9-26(36(56)57)41-30(48)11-10-27(37(58)59)43-38(60)44-31(63-21-45)12-13-32(49)50/h3-7,21,23-24,26-28,31H,2,8-20H2,1H3,(H,40,61)(H,41,48)(H,42,53)(H,49,50)(H,51,52)(H,54,55)(H,56,57)(H,58,59)(H2,43,44,60)/t23-,24+,26-,27-,28+,31+/m0/s1. The number of aliphatic carboxylic acids is 5. The average molecular weight is 960 g/mol. The van der Waals surface area contributed by atoms with Crippen LogP contribution in [0.2, 0.25) is 0 Å². The molecule has 1 rings (SSSR count). The first-order valence-corrected chi connectivity index (χ1v) is 22.4. The van der Waals surface area contributed by atoms with E-state index in [4.69, 9.17) is 9.84 Å². The van der Waals surface area contributed by atoms with E-state index >= 15 is 0 Å². The smallest absolute Gasteiger partial charge is 0.407 e. The highest BCUT2D eigenvalue weighted by atomic mass is 33.1. The Bertz CT molecular complexity index is 1820. The van der Waals surface area contributed by atoms with Gasteiger partial charge in [-0.2, -0.15) is 0 Å². The Morgan fingerprint density at radius 2 is 1.32 bits per heavy atom. The van der Waals surface area contributed by atoms with Gasteiger partial charge < -0.3 is 61.6 Å². The number of carboxylic acids is 5. The third-order valence-electron chi connectivity index (χ3n) is 8.86. The minimum atomic E-state index is -1.73. The number of ether oxygens (including phenoxy) is 2. The Kier molecular flexibility index (Phi) is 27.3. The zero-order valence-corrected chi connectivity index (χ0v) is 36.7. The van der Waals surface area contributed by atoms with Gasteiger partial charge in [-0.1, -0.05) is 51.9 Å². The van der Waals surface area contributed by atoms with Crippen molar-refractivity contribution in [1.82, 2.24) is 26.6 Å². The number of Topliss-reactive ketones (excluding diaryl/α,β-unsaturated/α-hetero) is 2. The van der Waals surface area contributed by atoms with Crippen LogP contribution in [0.3, 0.4) is 0 Å². The number of alkyl carbamates (subject to hydrolysis) is 1. The molecule has 24 nitrogen and oxygen atoms in total. The summed E-state index contributed by atoms with van der Waals surface area (Å²) in [6.45, 7) is 2.07. The van der Waals surface area contributed by atoms with Crippen molar-refractivity contribution in [1.29, 1.82) is 0 Å². The number of ketones is 2. The number of carboxylic acid groups (broad SMARTS) is 5. The molecule has 0 saturated carbocycles. The van der Waals surface area contributed by atoms with Crippen LogP contribution in [-0.4, -0.2) is 146 Å². The molecule has 360 valence electrons. The molecule has 26 heteroatoms. The van der Waals surface area contributed by atoms with Crippen LogP contribution < -0.4 is 26.6 Å². The SMILES string of the molecule is CCNC(=O)OCCSSC[C@@H](CC(=O)[C@@H](Cc1ccccc1)NC(=O)[C@H](CC(=O)O)CC(=O)CC[C@H](NC(=O)CC[C@H](NC(=O)N[C@@H](CCC(=O)O)OC=O)C(=O)O)C(=O)O)C(=O)O. The average Bonchev–Trinajstić information content (AvgIpc) is 3.23. The molecule has 0 aliphatic carbocycles. The van der Waals surface area contributed by atoms with E-state index in [0.29, 0.717) is 17.9 Å². The summed E-state index contributed by atoms with van der Waals surface area (Å²) in [5, 5.41) is 58.6. The summed E-state index contributed by atoms with van der Waals surface area (Å²) in [4.78, 5) is 146. The van der Waals surface area contributed by atoms with Gasteiger partial charge in [0.05, 0.1) is 30.7 Å². The van der Waals surface area contributed by atoms with Gasteiger partial charge in [0.15, 0.2) is 12.0 Å². The van der Waals surface area contributed by atoms with Crippen molar-refractivity contribution in [3.8, 4) is 0 Å². The molecule has 0 fully saturated rings. The number of carbonyl (C=O) groups is 12. The second-order valence-corrected chi connectivity index (χ2v) is 16.6. The molecule has 10 N–H and O–H groups in total. The molecule has 0 spiro atoms. The molecular weight excluding hydrogens is 907 g/mol. The number of urea groups is 1. The van der Waals surface area contributed by atoms with Gasteiger partial charge in [-0.25, -0.2) is 19.2 Å². The lowest BCUT2D eigenvalue weighted by molar-refractivity contribution is -0.144. The van der Waals surface area contributed by atoms with Crippen LogP contribution in [0.5, 0.6) is 0 Å². The van der Waals surface area contributed by atoms with E-state index < -0.39 is 153 Å². The molecular formula is C39H53N5O19S2. The van der Waals surface area contributed by atoms with E-state index in [1.807, 2.05) is 5.32 Å². The number of amides is 5. The van der Waals surface area contributed by atoms with Gasteiger partial charge in [0.1, 0.15) is 24.5 Å². The molecule has 5 amide bonds. The molecule has 0 radical (unpaired) electrons. The van der Waals surface area contributed by atoms with Gasteiger partial charge in [0, 0.05) is 50.2 Å². The fourth-order valence-corrected chi connectivity index (χ4v) is 7.72. The summed E-state index contributed by atoms with van der Waals surface area (Å²) in [5.74, 6) is -13.3. The molecule has 0 aromatic heterocycles. The number of benzene rings is 1. The first-order valence-electron chi connectivity index (χ1n) is 19.9. The normalized spacial score (nSPS) is 13.4. The summed E-state index contributed by atoms with van der Waals surface area (Å²) in [5.41, 5.74) is 0.562. The minimum Gasteiger partial charge on any atom is -0.481 e. The monoisotopic (exact) mass is 959 g/mol. The Balaban J connectivity index is 2.96. The summed E-state index contributed by atoms with van der Waals surface area (Å²) in [6, 6.07) is 2.29. The van der Waals surface area contributed by atoms with Crippen LogP contribution in [0.15, 0.2) is 30.3 Å². The van der Waals surface area contributed by atoms with E-state index in [1.54, 1.807) is 37.3 Å². The number of rotatable bonds is 35. The van der Waals surface area contributed by atoms with Crippen molar-refractivity contribution in [2.24, 2.45) is 11.8 Å². The largest absolute Gasteiger partial charge is 0.481 e. The molecule has 0 saturated heterocycles. The predicted octanol–water partition coefficient (Wildman–Crippen LogP) is 0.798. The number of hydrogen-bond donors (Lipinski definition) is 10. The van der Waals surface area contributed by atoms with E-state index in [1.165, 1.54) is 10.8 Å². The lowest BCUT2D eigenvalue weighted by Crippen LogP contribution is -2.50. The van der Waals surface area contributed by atoms with E-state index in [9.17, 15) is 78.0 Å². The second-order valence-electron chi connectivity index (χ2n) is 14.0. The topological polar surface area (TPSA) is 385 Å². The molecule has 6 atom stereocenters. The summed E-state index contributed by atoms with van der Waals surface area (Å²) in [7, 11) is 2.34. The van der Waals surface area contributed by atoms with Gasteiger partial charge in [0.25, 0.3) is 6.47 Å². The molecule has 65 heavy (non-hydrogen) atoms. The van der Waals surface area contributed by atoms with Crippen LogP contribution in [0.25, 0.3) is 0 Å². The molecule has 0 aliphatic heterocycles. The van der Waals surface area contributed by atoms with Crippen molar-refractivity contribution in [3.63, 3.8) is 0 Å². The molecule has 0 heterocycles. The highest BCUT2D eigenvalue weighted by molar-refractivity contribution is 8.76. The van der Waals surface area contributed by atoms with Crippen LogP contribution in [0.1, 0.15) is 70.3 Å². The van der Waals surface area contributed by atoms with Crippen molar-refractivity contribution in [2.75, 3.05) is 24.7 Å². The zero-order valence-electron chi connectivity index (χ0n) is 35.1. The fraction of sp³-hybridized carbons (Fsp3) is 0.538. The van der Waals surface area contributed by atoms with Crippen LogP contribution in [-0.2, 0) is 63.8 Å². The van der Waals surface area contributed by atoms with Crippen molar-refractivity contribution >= 4 is 93.4 Å². The predicted molar refractivity (Wildman–Crippen MR) is 227 cm³/mol. The molecule has 0 aliphatic rings. The fourth-order valence-electron chi connectivity index (χ4n) is 5.59. The van der Waals surface area contributed by atoms with Crippen molar-refractivity contribution in [3.05, 3.63) is 35.9 Å².